The Morgan fingerprint density at radius 3 is 0.825 bits per heavy atom. The Morgan fingerprint density at radius 1 is 0.272 bits per heavy atom. The number of aliphatic hydroxyl groups excluding tert-OH is 2. The number of carbonyl (C=O) groups excluding carboxylic acids is 3. The Labute approximate surface area is 622 Å². The van der Waals surface area contributed by atoms with Crippen molar-refractivity contribution in [1.29, 1.82) is 0 Å². The second kappa shape index (κ2) is 75.8. The molecule has 0 aromatic rings. The zero-order chi connectivity index (χ0) is 75.2. The van der Waals surface area contributed by atoms with Crippen molar-refractivity contribution in [2.75, 3.05) is 39.6 Å². The summed E-state index contributed by atoms with van der Waals surface area (Å²) in [6.07, 6.45) is 100. The number of phosphoric ester groups is 2. The maximum absolute atomic E-state index is 12.9. The standard InChI is InChI=1S/C85H134O16P2/c1-4-7-10-13-16-19-22-25-28-31-34-36-37-38-39-40-41-43-46-47-50-53-56-59-62-65-68-71-83(88)95-74-80(86)75-97-102(91,92)98-76-81(87)77-99-103(93,94)100-79-82(101-85(90)73-70-67-64-61-58-55-52-49-44-33-30-27-24-21-18-15-12-9-6-3)78-96-84(89)72-69-66-63-60-57-54-51-48-45-42-35-32-29-26-23-20-17-14-11-8-5-2/h7-12,16-21,25-30,34-36,38-39,42,44,48-49,51,55,57-58,60,64,67,80-82,86-87H,4-6,13-15,22-24,31-33,37,40-41,43,45-47,50,52-54,56,59,61-63,65-66,68-79H2,1-3H3,(H,91,92)(H,93,94)/b10-7-,11-8-,12-9-,19-16-,20-17-,21-18-,28-25-,29-26-,30-27-,36-34-,39-38-,42-35-,49-44-,51-48-,58-55-,60-57-,67-64-. The SMILES string of the molecule is CC/C=C\C/C=C\C/C=C\C/C=C\C/C=C\C/C=C\CCCCC(=O)OCC(COP(=O)(O)OCC(O)COP(=O)(O)OCC(O)COC(=O)CCCCCCCCCCCCC/C=C\C/C=C\C/C=C\C/C=C\C/C=C\CC)OC(=O)CC/C=C\C/C=C\C/C=C\C/C=C\C/C=C\C/C=C\CC. The molecular weight excluding hydrogens is 1340 g/mol. The van der Waals surface area contributed by atoms with Gasteiger partial charge in [-0.2, -0.15) is 0 Å². The van der Waals surface area contributed by atoms with E-state index in [2.05, 4.69) is 209 Å². The highest BCUT2D eigenvalue weighted by molar-refractivity contribution is 7.47. The first-order valence-corrected chi connectivity index (χ1v) is 41.4. The third kappa shape index (κ3) is 77.1. The zero-order valence-electron chi connectivity index (χ0n) is 63.1. The van der Waals surface area contributed by atoms with E-state index >= 15 is 0 Å². The Kier molecular flexibility index (Phi) is 71.5. The number of esters is 3. The molecule has 5 unspecified atom stereocenters. The van der Waals surface area contributed by atoms with Gasteiger partial charge in [0, 0.05) is 19.3 Å². The van der Waals surface area contributed by atoms with Gasteiger partial charge in [-0.3, -0.25) is 32.5 Å². The van der Waals surface area contributed by atoms with Crippen LogP contribution >= 0.6 is 15.6 Å². The summed E-state index contributed by atoms with van der Waals surface area (Å²) in [4.78, 5) is 58.6. The van der Waals surface area contributed by atoms with Crippen LogP contribution in [-0.2, 0) is 55.8 Å². The molecule has 103 heavy (non-hydrogen) atoms. The lowest BCUT2D eigenvalue weighted by molar-refractivity contribution is -0.161. The monoisotopic (exact) mass is 1470 g/mol. The molecule has 0 radical (unpaired) electrons. The number of ether oxygens (including phenoxy) is 3. The molecule has 16 nitrogen and oxygen atoms in total. The maximum Gasteiger partial charge on any atom is 0.472 e. The van der Waals surface area contributed by atoms with Crippen molar-refractivity contribution in [2.45, 2.75) is 270 Å². The summed E-state index contributed by atoms with van der Waals surface area (Å²) >= 11 is 0. The highest BCUT2D eigenvalue weighted by atomic mass is 31.2. The summed E-state index contributed by atoms with van der Waals surface area (Å²) in [5.74, 6) is -1.75. The Bertz CT molecular complexity index is 2700. The summed E-state index contributed by atoms with van der Waals surface area (Å²) in [6.45, 7) is 2.16. The summed E-state index contributed by atoms with van der Waals surface area (Å²) < 4.78 is 61.0. The van der Waals surface area contributed by atoms with E-state index in [-0.39, 0.29) is 19.3 Å². The first-order chi connectivity index (χ1) is 50.2. The minimum atomic E-state index is -4.97. The first-order valence-electron chi connectivity index (χ1n) is 38.4. The Balaban J connectivity index is 4.74. The topological polar surface area (TPSA) is 231 Å². The van der Waals surface area contributed by atoms with Gasteiger partial charge >= 0.3 is 33.6 Å². The number of aliphatic hydroxyl groups is 2. The van der Waals surface area contributed by atoms with E-state index in [0.717, 1.165) is 148 Å². The fourth-order valence-electron chi connectivity index (χ4n) is 9.27. The number of unbranched alkanes of at least 4 members (excludes halogenated alkanes) is 13. The number of carbonyl (C=O) groups is 3. The highest BCUT2D eigenvalue weighted by Crippen LogP contribution is 2.45. The molecule has 18 heteroatoms. The van der Waals surface area contributed by atoms with Crippen molar-refractivity contribution in [3.63, 3.8) is 0 Å². The van der Waals surface area contributed by atoms with Crippen LogP contribution in [0.25, 0.3) is 0 Å². The molecule has 0 bridgehead atoms. The van der Waals surface area contributed by atoms with Crippen LogP contribution in [0.2, 0.25) is 0 Å². The van der Waals surface area contributed by atoms with Gasteiger partial charge in [0.05, 0.1) is 26.4 Å². The van der Waals surface area contributed by atoms with E-state index in [0.29, 0.717) is 25.7 Å². The third-order valence-corrected chi connectivity index (χ3v) is 16.9. The lowest BCUT2D eigenvalue weighted by Gasteiger charge is -2.21. The molecule has 0 aromatic heterocycles. The molecule has 0 saturated carbocycles. The van der Waals surface area contributed by atoms with Crippen LogP contribution in [0.4, 0.5) is 0 Å². The second-order valence-corrected chi connectivity index (χ2v) is 27.6. The number of hydrogen-bond acceptors (Lipinski definition) is 14. The average Bonchev–Trinajstić information content (AvgIpc) is 0.936. The molecular formula is C85H134O16P2. The molecule has 0 saturated heterocycles. The molecule has 0 amide bonds. The van der Waals surface area contributed by atoms with Gasteiger partial charge in [0.25, 0.3) is 0 Å². The maximum atomic E-state index is 12.9. The van der Waals surface area contributed by atoms with E-state index < -0.39 is 91.5 Å². The minimum Gasteiger partial charge on any atom is -0.463 e. The predicted molar refractivity (Wildman–Crippen MR) is 426 cm³/mol. The highest BCUT2D eigenvalue weighted by Gasteiger charge is 2.29. The summed E-state index contributed by atoms with van der Waals surface area (Å²) in [5, 5.41) is 20.6. The van der Waals surface area contributed by atoms with Crippen molar-refractivity contribution < 1.29 is 75.8 Å². The van der Waals surface area contributed by atoms with Gasteiger partial charge in [-0.15, -0.1) is 0 Å². The minimum absolute atomic E-state index is 0.0397. The third-order valence-electron chi connectivity index (χ3n) is 15.0. The van der Waals surface area contributed by atoms with Gasteiger partial charge in [-0.1, -0.05) is 285 Å². The quantitative estimate of drug-likeness (QED) is 0.0146. The molecule has 0 aromatic carbocycles. The fraction of sp³-hybridized carbons (Fsp3) is 0.565. The van der Waals surface area contributed by atoms with Crippen LogP contribution in [0.5, 0.6) is 0 Å². The lowest BCUT2D eigenvalue weighted by Crippen LogP contribution is -2.29. The van der Waals surface area contributed by atoms with Gasteiger partial charge in [-0.25, -0.2) is 9.13 Å². The van der Waals surface area contributed by atoms with Gasteiger partial charge in [-0.05, 0) is 154 Å². The number of hydrogen-bond donors (Lipinski definition) is 4. The van der Waals surface area contributed by atoms with Crippen LogP contribution in [-0.4, -0.2) is 95.9 Å². The van der Waals surface area contributed by atoms with Crippen LogP contribution < -0.4 is 0 Å². The summed E-state index contributed by atoms with van der Waals surface area (Å²) in [5.41, 5.74) is 0. The molecule has 0 aliphatic carbocycles. The molecule has 4 N–H and O–H groups in total. The van der Waals surface area contributed by atoms with Crippen LogP contribution in [0.1, 0.15) is 252 Å². The molecule has 5 atom stereocenters. The van der Waals surface area contributed by atoms with E-state index in [4.69, 9.17) is 32.3 Å². The van der Waals surface area contributed by atoms with Gasteiger partial charge in [0.2, 0.25) is 0 Å². The summed E-state index contributed by atoms with van der Waals surface area (Å²) in [6, 6.07) is 0. The van der Waals surface area contributed by atoms with Crippen LogP contribution in [0, 0.1) is 0 Å². The van der Waals surface area contributed by atoms with Crippen molar-refractivity contribution in [2.24, 2.45) is 0 Å². The Hall–Kier alpha value is -5.87. The molecule has 580 valence electrons. The predicted octanol–water partition coefficient (Wildman–Crippen LogP) is 22.5. The Morgan fingerprint density at radius 2 is 0.505 bits per heavy atom. The van der Waals surface area contributed by atoms with Crippen molar-refractivity contribution in [1.82, 2.24) is 0 Å². The van der Waals surface area contributed by atoms with Crippen molar-refractivity contribution in [3.05, 3.63) is 207 Å². The average molecular weight is 1470 g/mol. The normalized spacial score (nSPS) is 15.1. The second-order valence-electron chi connectivity index (χ2n) is 24.7. The van der Waals surface area contributed by atoms with Crippen molar-refractivity contribution >= 4 is 33.6 Å². The zero-order valence-corrected chi connectivity index (χ0v) is 64.9. The summed E-state index contributed by atoms with van der Waals surface area (Å²) in [7, 11) is -9.85. The smallest absolute Gasteiger partial charge is 0.463 e. The van der Waals surface area contributed by atoms with Crippen LogP contribution in [0.15, 0.2) is 207 Å². The number of allylic oxidation sites excluding steroid dienone is 34. The van der Waals surface area contributed by atoms with Crippen LogP contribution in [0.3, 0.4) is 0 Å². The van der Waals surface area contributed by atoms with E-state index in [1.807, 2.05) is 18.2 Å². The van der Waals surface area contributed by atoms with Gasteiger partial charge in [0.15, 0.2) is 6.10 Å². The molecule has 0 rings (SSSR count). The molecule has 0 spiro atoms. The molecule has 0 fully saturated rings. The van der Waals surface area contributed by atoms with Crippen molar-refractivity contribution in [3.8, 4) is 0 Å². The van der Waals surface area contributed by atoms with Gasteiger partial charge in [0.1, 0.15) is 25.4 Å². The molecule has 0 aliphatic rings. The largest absolute Gasteiger partial charge is 0.472 e. The molecule has 0 aliphatic heterocycles. The first kappa shape index (κ1) is 97.1. The van der Waals surface area contributed by atoms with E-state index in [9.17, 15) is 43.5 Å². The number of phosphoric acid groups is 2. The van der Waals surface area contributed by atoms with E-state index in [1.165, 1.54) is 38.5 Å². The van der Waals surface area contributed by atoms with Gasteiger partial charge < -0.3 is 34.2 Å². The lowest BCUT2D eigenvalue weighted by atomic mass is 10.0. The number of rotatable bonds is 70. The van der Waals surface area contributed by atoms with E-state index in [1.54, 1.807) is 0 Å². The fourth-order valence-corrected chi connectivity index (χ4v) is 10.9. The molecule has 0 heterocycles.